The summed E-state index contributed by atoms with van der Waals surface area (Å²) >= 11 is 0. The van der Waals surface area contributed by atoms with Crippen LogP contribution in [-0.2, 0) is 4.79 Å². The maximum atomic E-state index is 12.4. The molecular weight excluding hydrogens is 270 g/mol. The van der Waals surface area contributed by atoms with E-state index in [0.29, 0.717) is 6.54 Å². The van der Waals surface area contributed by atoms with Crippen molar-refractivity contribution in [3.05, 3.63) is 17.0 Å². The zero-order valence-corrected chi connectivity index (χ0v) is 13.3. The van der Waals surface area contributed by atoms with Crippen LogP contribution in [0.2, 0.25) is 0 Å². The van der Waals surface area contributed by atoms with Gasteiger partial charge in [-0.1, -0.05) is 32.3 Å². The molecule has 3 amide bonds. The zero-order valence-electron chi connectivity index (χ0n) is 13.3. The topological polar surface area (TPSA) is 75.4 Å². The molecule has 0 bridgehead atoms. The third kappa shape index (κ3) is 2.80. The van der Waals surface area contributed by atoms with Crippen molar-refractivity contribution in [2.45, 2.75) is 53.0 Å². The zero-order chi connectivity index (χ0) is 15.7. The predicted molar refractivity (Wildman–Crippen MR) is 77.9 cm³/mol. The van der Waals surface area contributed by atoms with E-state index in [1.165, 1.54) is 4.90 Å². The van der Waals surface area contributed by atoms with Gasteiger partial charge < -0.3 is 9.84 Å². The number of urea groups is 1. The van der Waals surface area contributed by atoms with Crippen LogP contribution >= 0.6 is 0 Å². The summed E-state index contributed by atoms with van der Waals surface area (Å²) in [4.78, 5) is 25.8. The van der Waals surface area contributed by atoms with E-state index in [2.05, 4.69) is 10.5 Å². The van der Waals surface area contributed by atoms with Crippen LogP contribution in [0.4, 0.5) is 4.79 Å². The average molecular weight is 293 g/mol. The molecule has 1 saturated heterocycles. The normalized spacial score (nSPS) is 21.6. The summed E-state index contributed by atoms with van der Waals surface area (Å²) in [6.07, 6.45) is 0.851. The second-order valence-electron chi connectivity index (χ2n) is 5.90. The number of amides is 3. The van der Waals surface area contributed by atoms with E-state index >= 15 is 0 Å². The van der Waals surface area contributed by atoms with Gasteiger partial charge in [0.2, 0.25) is 0 Å². The molecule has 0 radical (unpaired) electrons. The van der Waals surface area contributed by atoms with Crippen molar-refractivity contribution >= 4 is 11.9 Å². The molecule has 1 aromatic rings. The summed E-state index contributed by atoms with van der Waals surface area (Å²) in [6, 6.07) is -0.705. The van der Waals surface area contributed by atoms with Crippen molar-refractivity contribution in [1.29, 1.82) is 0 Å². The lowest BCUT2D eigenvalue weighted by atomic mass is 9.97. The van der Waals surface area contributed by atoms with Gasteiger partial charge in [0.15, 0.2) is 0 Å². The number of nitrogens with one attached hydrogen (secondary N) is 1. The minimum absolute atomic E-state index is 0.00151. The van der Waals surface area contributed by atoms with Gasteiger partial charge in [0.25, 0.3) is 5.91 Å². The number of carbonyl (C=O) groups excluding carboxylic acids is 2. The van der Waals surface area contributed by atoms with Crippen LogP contribution in [0.15, 0.2) is 4.52 Å². The van der Waals surface area contributed by atoms with E-state index < -0.39 is 6.04 Å². The predicted octanol–water partition coefficient (Wildman–Crippen LogP) is 2.36. The Balaban J connectivity index is 2.13. The second-order valence-corrected chi connectivity index (χ2v) is 5.90. The van der Waals surface area contributed by atoms with Gasteiger partial charge in [0.05, 0.1) is 5.69 Å². The number of hydrogen-bond acceptors (Lipinski definition) is 4. The quantitative estimate of drug-likeness (QED) is 0.846. The van der Waals surface area contributed by atoms with Gasteiger partial charge in [-0.3, -0.25) is 9.69 Å². The Morgan fingerprint density at radius 3 is 2.52 bits per heavy atom. The number of nitrogens with zero attached hydrogens (tertiary/aromatic N) is 2. The van der Waals surface area contributed by atoms with Crippen LogP contribution in [0.25, 0.3) is 0 Å². The van der Waals surface area contributed by atoms with Crippen LogP contribution in [0, 0.1) is 19.8 Å². The van der Waals surface area contributed by atoms with Gasteiger partial charge in [-0.05, 0) is 19.8 Å². The molecule has 21 heavy (non-hydrogen) atoms. The first kappa shape index (κ1) is 15.5. The fourth-order valence-electron chi connectivity index (χ4n) is 2.89. The van der Waals surface area contributed by atoms with E-state index in [-0.39, 0.29) is 23.8 Å². The highest BCUT2D eigenvalue weighted by atomic mass is 16.5. The Kier molecular flexibility index (Phi) is 4.34. The summed E-state index contributed by atoms with van der Waals surface area (Å²) in [7, 11) is 0. The number of carbonyl (C=O) groups is 2. The molecule has 0 aliphatic carbocycles. The Hall–Kier alpha value is -1.85. The Morgan fingerprint density at radius 1 is 1.33 bits per heavy atom. The highest BCUT2D eigenvalue weighted by Gasteiger charge is 2.41. The van der Waals surface area contributed by atoms with Crippen molar-refractivity contribution in [3.63, 3.8) is 0 Å². The molecule has 2 heterocycles. The molecule has 6 heteroatoms. The molecule has 0 saturated carbocycles. The summed E-state index contributed by atoms with van der Waals surface area (Å²) in [5.41, 5.74) is 1.79. The highest BCUT2D eigenvalue weighted by molar-refractivity contribution is 6.04. The van der Waals surface area contributed by atoms with Gasteiger partial charge in [-0.25, -0.2) is 4.79 Å². The Bertz CT molecular complexity index is 533. The molecular formula is C15H23N3O3. The molecule has 3 atom stereocenters. The highest BCUT2D eigenvalue weighted by Crippen LogP contribution is 2.26. The SMILES string of the molecule is CC[C@H](C)[C@@H]1NC(=O)N(C[C@@H](C)c2c(C)noc2C)C1=O. The number of rotatable bonds is 5. The van der Waals surface area contributed by atoms with Gasteiger partial charge in [0, 0.05) is 18.0 Å². The Labute approximate surface area is 124 Å². The molecule has 1 aliphatic rings. The third-order valence-electron chi connectivity index (χ3n) is 4.31. The fourth-order valence-corrected chi connectivity index (χ4v) is 2.89. The standard InChI is InChI=1S/C15H23N3O3/c1-6-8(2)13-14(19)18(15(20)16-13)7-9(3)12-10(4)17-21-11(12)5/h8-9,13H,6-7H2,1-5H3,(H,16,20)/t8-,9+,13-/m0/s1. The smallest absolute Gasteiger partial charge is 0.324 e. The molecule has 0 aromatic carbocycles. The van der Waals surface area contributed by atoms with E-state index in [4.69, 9.17) is 4.52 Å². The summed E-state index contributed by atoms with van der Waals surface area (Å²) < 4.78 is 5.16. The fraction of sp³-hybridized carbons (Fsp3) is 0.667. The van der Waals surface area contributed by atoms with E-state index in [0.717, 1.165) is 23.4 Å². The Morgan fingerprint density at radius 2 is 2.00 bits per heavy atom. The minimum Gasteiger partial charge on any atom is -0.361 e. The van der Waals surface area contributed by atoms with Crippen molar-refractivity contribution in [2.24, 2.45) is 5.92 Å². The number of aromatic nitrogens is 1. The molecule has 6 nitrogen and oxygen atoms in total. The van der Waals surface area contributed by atoms with Crippen molar-refractivity contribution < 1.29 is 14.1 Å². The second kappa shape index (κ2) is 5.87. The number of imide groups is 1. The van der Waals surface area contributed by atoms with Gasteiger partial charge in [0.1, 0.15) is 11.8 Å². The van der Waals surface area contributed by atoms with Crippen LogP contribution in [-0.4, -0.2) is 34.6 Å². The van der Waals surface area contributed by atoms with Crippen LogP contribution in [0.3, 0.4) is 0 Å². The summed E-state index contributed by atoms with van der Waals surface area (Å²) in [5, 5.41) is 6.71. The van der Waals surface area contributed by atoms with E-state index in [9.17, 15) is 9.59 Å². The summed E-state index contributed by atoms with van der Waals surface area (Å²) in [6.45, 7) is 10.0. The molecule has 1 fully saturated rings. The maximum Gasteiger partial charge on any atom is 0.324 e. The monoisotopic (exact) mass is 293 g/mol. The molecule has 0 unspecified atom stereocenters. The molecule has 1 aliphatic heterocycles. The molecule has 1 N–H and O–H groups in total. The summed E-state index contributed by atoms with van der Waals surface area (Å²) in [5.74, 6) is 0.751. The van der Waals surface area contributed by atoms with Crippen molar-refractivity contribution in [1.82, 2.24) is 15.4 Å². The van der Waals surface area contributed by atoms with Crippen molar-refractivity contribution in [3.8, 4) is 0 Å². The maximum absolute atomic E-state index is 12.4. The first-order chi connectivity index (χ1) is 9.86. The van der Waals surface area contributed by atoms with Crippen LogP contribution in [0.1, 0.15) is 50.1 Å². The first-order valence-electron chi connectivity index (χ1n) is 7.41. The van der Waals surface area contributed by atoms with Gasteiger partial charge in [-0.15, -0.1) is 0 Å². The lowest BCUT2D eigenvalue weighted by molar-refractivity contribution is -0.128. The minimum atomic E-state index is -0.403. The third-order valence-corrected chi connectivity index (χ3v) is 4.31. The first-order valence-corrected chi connectivity index (χ1v) is 7.41. The van der Waals surface area contributed by atoms with Gasteiger partial charge >= 0.3 is 6.03 Å². The largest absolute Gasteiger partial charge is 0.361 e. The lowest BCUT2D eigenvalue weighted by Crippen LogP contribution is -2.36. The van der Waals surface area contributed by atoms with Crippen molar-refractivity contribution in [2.75, 3.05) is 6.54 Å². The van der Waals surface area contributed by atoms with Crippen LogP contribution < -0.4 is 5.32 Å². The molecule has 1 aromatic heterocycles. The van der Waals surface area contributed by atoms with E-state index in [1.54, 1.807) is 0 Å². The van der Waals surface area contributed by atoms with E-state index in [1.807, 2.05) is 34.6 Å². The molecule has 0 spiro atoms. The van der Waals surface area contributed by atoms with Gasteiger partial charge in [-0.2, -0.15) is 0 Å². The van der Waals surface area contributed by atoms with Crippen LogP contribution in [0.5, 0.6) is 0 Å². The molecule has 116 valence electrons. The number of aryl methyl sites for hydroxylation is 2. The average Bonchev–Trinajstić information content (AvgIpc) is 2.91. The molecule has 2 rings (SSSR count). The lowest BCUT2D eigenvalue weighted by Gasteiger charge is -2.19. The number of hydrogen-bond donors (Lipinski definition) is 1.